The zero-order valence-electron chi connectivity index (χ0n) is 12.9. The number of hydrogen-bond donors (Lipinski definition) is 2. The first-order valence-corrected chi connectivity index (χ1v) is 7.50. The van der Waals surface area contributed by atoms with Crippen LogP contribution in [0.15, 0.2) is 30.5 Å². The third-order valence-corrected chi connectivity index (χ3v) is 4.39. The van der Waals surface area contributed by atoms with Crippen molar-refractivity contribution in [2.24, 2.45) is 5.73 Å². The maximum Gasteiger partial charge on any atom is 0.241 e. The van der Waals surface area contributed by atoms with Crippen LogP contribution < -0.4 is 20.5 Å². The van der Waals surface area contributed by atoms with Crippen molar-refractivity contribution < 1.29 is 14.3 Å². The molecule has 0 saturated heterocycles. The van der Waals surface area contributed by atoms with Gasteiger partial charge in [-0.1, -0.05) is 6.07 Å². The van der Waals surface area contributed by atoms with E-state index in [4.69, 9.17) is 15.2 Å². The predicted molar refractivity (Wildman–Crippen MR) is 85.0 cm³/mol. The van der Waals surface area contributed by atoms with Crippen LogP contribution in [0, 0.1) is 0 Å². The van der Waals surface area contributed by atoms with Crippen molar-refractivity contribution in [2.45, 2.75) is 25.3 Å². The zero-order chi connectivity index (χ0) is 16.2. The lowest BCUT2D eigenvalue weighted by Gasteiger charge is -2.31. The fourth-order valence-corrected chi connectivity index (χ4v) is 3.12. The second-order valence-electron chi connectivity index (χ2n) is 6.21. The van der Waals surface area contributed by atoms with E-state index in [0.29, 0.717) is 18.2 Å². The van der Waals surface area contributed by atoms with E-state index in [1.54, 1.807) is 13.1 Å². The lowest BCUT2D eigenvalue weighted by molar-refractivity contribution is -0.117. The van der Waals surface area contributed by atoms with E-state index < -0.39 is 6.04 Å². The Morgan fingerprint density at radius 3 is 3.00 bits per heavy atom. The van der Waals surface area contributed by atoms with Gasteiger partial charge in [0.1, 0.15) is 18.1 Å². The summed E-state index contributed by atoms with van der Waals surface area (Å²) >= 11 is 0. The molecular formula is C17H17N3O3. The summed E-state index contributed by atoms with van der Waals surface area (Å²) in [7, 11) is 0. The van der Waals surface area contributed by atoms with Crippen LogP contribution >= 0.6 is 0 Å². The standard InChI is InChI=1S/C17H17N3O3/c1-9(18)15(21)20-10-6-11-16(19-7-10)23-13-5-3-4-12-14(13)17(11,2)8-22-12/h3-7,9H,8,18H2,1-2H3,(H,20,21)/t9-,17?/m1/s1. The van der Waals surface area contributed by atoms with E-state index in [9.17, 15) is 4.79 Å². The summed E-state index contributed by atoms with van der Waals surface area (Å²) in [6.45, 7) is 4.25. The van der Waals surface area contributed by atoms with Crippen molar-refractivity contribution in [3.63, 3.8) is 0 Å². The quantitative estimate of drug-likeness (QED) is 0.887. The van der Waals surface area contributed by atoms with E-state index in [-0.39, 0.29) is 11.3 Å². The summed E-state index contributed by atoms with van der Waals surface area (Å²) in [6, 6.07) is 7.06. The number of nitrogens with zero attached hydrogens (tertiary/aromatic N) is 1. The molecule has 3 heterocycles. The Kier molecular flexibility index (Phi) is 2.86. The maximum absolute atomic E-state index is 11.8. The van der Waals surface area contributed by atoms with E-state index in [2.05, 4.69) is 17.2 Å². The van der Waals surface area contributed by atoms with Gasteiger partial charge in [0, 0.05) is 5.56 Å². The van der Waals surface area contributed by atoms with Gasteiger partial charge in [0.25, 0.3) is 0 Å². The first-order valence-electron chi connectivity index (χ1n) is 7.50. The molecular weight excluding hydrogens is 294 g/mol. The molecule has 0 bridgehead atoms. The van der Waals surface area contributed by atoms with Gasteiger partial charge in [-0.15, -0.1) is 0 Å². The first kappa shape index (κ1) is 14.0. The molecule has 2 aliphatic rings. The van der Waals surface area contributed by atoms with E-state index >= 15 is 0 Å². The highest BCUT2D eigenvalue weighted by atomic mass is 16.5. The number of rotatable bonds is 2. The van der Waals surface area contributed by atoms with Crippen LogP contribution in [0.3, 0.4) is 0 Å². The van der Waals surface area contributed by atoms with Crippen LogP contribution in [0.2, 0.25) is 0 Å². The molecule has 0 aliphatic carbocycles. The lowest BCUT2D eigenvalue weighted by atomic mass is 9.76. The van der Waals surface area contributed by atoms with Crippen LogP contribution in [0.1, 0.15) is 25.0 Å². The average Bonchev–Trinajstić information content (AvgIpc) is 2.88. The molecule has 1 aromatic carbocycles. The van der Waals surface area contributed by atoms with Crippen LogP contribution in [-0.2, 0) is 10.2 Å². The molecule has 6 nitrogen and oxygen atoms in total. The third-order valence-electron chi connectivity index (χ3n) is 4.39. The summed E-state index contributed by atoms with van der Waals surface area (Å²) < 4.78 is 11.7. The largest absolute Gasteiger partial charge is 0.492 e. The number of ether oxygens (including phenoxy) is 2. The molecule has 23 heavy (non-hydrogen) atoms. The number of benzene rings is 1. The van der Waals surface area contributed by atoms with Gasteiger partial charge in [0.05, 0.1) is 28.9 Å². The molecule has 1 unspecified atom stereocenters. The van der Waals surface area contributed by atoms with Crippen LogP contribution in [0.4, 0.5) is 5.69 Å². The van der Waals surface area contributed by atoms with Crippen LogP contribution in [0.25, 0.3) is 0 Å². The van der Waals surface area contributed by atoms with Gasteiger partial charge < -0.3 is 20.5 Å². The third kappa shape index (κ3) is 1.98. The van der Waals surface area contributed by atoms with Gasteiger partial charge in [0.15, 0.2) is 0 Å². The van der Waals surface area contributed by atoms with Gasteiger partial charge >= 0.3 is 0 Å². The normalized spacial score (nSPS) is 21.5. The van der Waals surface area contributed by atoms with Crippen molar-refractivity contribution in [3.8, 4) is 17.4 Å². The molecule has 1 amide bonds. The molecule has 0 spiro atoms. The molecule has 118 valence electrons. The monoisotopic (exact) mass is 311 g/mol. The molecule has 4 rings (SSSR count). The molecule has 0 saturated carbocycles. The van der Waals surface area contributed by atoms with Crippen LogP contribution in [0.5, 0.6) is 17.4 Å². The minimum absolute atomic E-state index is 0.252. The SMILES string of the molecule is C[C@@H](N)C(=O)Nc1cnc2c(c1)C1(C)COc3cccc(c31)O2. The van der Waals surface area contributed by atoms with Gasteiger partial charge in [-0.2, -0.15) is 0 Å². The molecule has 0 radical (unpaired) electrons. The van der Waals surface area contributed by atoms with Crippen molar-refractivity contribution in [1.29, 1.82) is 0 Å². The molecule has 0 fully saturated rings. The van der Waals surface area contributed by atoms with E-state index in [0.717, 1.165) is 22.6 Å². The number of amides is 1. The number of fused-ring (bicyclic) bond motifs is 2. The topological polar surface area (TPSA) is 86.5 Å². The van der Waals surface area contributed by atoms with E-state index in [1.165, 1.54) is 0 Å². The zero-order valence-corrected chi connectivity index (χ0v) is 12.9. The highest BCUT2D eigenvalue weighted by Gasteiger charge is 2.46. The number of carbonyl (C=O) groups excluding carboxylic acids is 1. The summed E-state index contributed by atoms with van der Waals surface area (Å²) in [5.74, 6) is 1.90. The summed E-state index contributed by atoms with van der Waals surface area (Å²) in [4.78, 5) is 16.2. The van der Waals surface area contributed by atoms with Gasteiger partial charge in [-0.25, -0.2) is 4.98 Å². The van der Waals surface area contributed by atoms with Gasteiger partial charge in [-0.05, 0) is 32.0 Å². The second-order valence-corrected chi connectivity index (χ2v) is 6.21. The number of nitrogens with two attached hydrogens (primary N) is 1. The molecule has 3 N–H and O–H groups in total. The molecule has 1 aromatic heterocycles. The number of carbonyl (C=O) groups is 1. The number of nitrogens with one attached hydrogen (secondary N) is 1. The molecule has 6 heteroatoms. The van der Waals surface area contributed by atoms with Crippen LogP contribution in [-0.4, -0.2) is 23.5 Å². The lowest BCUT2D eigenvalue weighted by Crippen LogP contribution is -2.33. The van der Waals surface area contributed by atoms with Crippen molar-refractivity contribution in [2.75, 3.05) is 11.9 Å². The Morgan fingerprint density at radius 1 is 1.43 bits per heavy atom. The van der Waals surface area contributed by atoms with Gasteiger partial charge in [0.2, 0.25) is 11.8 Å². The molecule has 2 atom stereocenters. The minimum Gasteiger partial charge on any atom is -0.492 e. The molecule has 2 aromatic rings. The Labute approximate surface area is 133 Å². The highest BCUT2D eigenvalue weighted by Crippen LogP contribution is 2.54. The number of hydrogen-bond acceptors (Lipinski definition) is 5. The Bertz CT molecular complexity index is 819. The number of pyridine rings is 1. The van der Waals surface area contributed by atoms with Crippen molar-refractivity contribution in [3.05, 3.63) is 41.6 Å². The summed E-state index contributed by atoms with van der Waals surface area (Å²) in [6.07, 6.45) is 1.58. The van der Waals surface area contributed by atoms with E-state index in [1.807, 2.05) is 24.3 Å². The fraction of sp³-hybridized carbons (Fsp3) is 0.294. The maximum atomic E-state index is 11.8. The smallest absolute Gasteiger partial charge is 0.241 e. The van der Waals surface area contributed by atoms with Gasteiger partial charge in [-0.3, -0.25) is 4.79 Å². The van der Waals surface area contributed by atoms with Crippen molar-refractivity contribution >= 4 is 11.6 Å². The Balaban J connectivity index is 1.79. The van der Waals surface area contributed by atoms with Crippen molar-refractivity contribution in [1.82, 2.24) is 4.98 Å². The highest BCUT2D eigenvalue weighted by molar-refractivity contribution is 5.94. The minimum atomic E-state index is -0.583. The predicted octanol–water partition coefficient (Wildman–Crippen LogP) is 2.17. The number of aromatic nitrogens is 1. The Hall–Kier alpha value is -2.60. The summed E-state index contributed by atoms with van der Waals surface area (Å²) in [5, 5.41) is 2.77. The number of anilines is 1. The fourth-order valence-electron chi connectivity index (χ4n) is 3.12. The summed E-state index contributed by atoms with van der Waals surface area (Å²) in [5.41, 5.74) is 7.78. The average molecular weight is 311 g/mol. The first-order chi connectivity index (χ1) is 11.0. The molecule has 2 aliphatic heterocycles. The Morgan fingerprint density at radius 2 is 2.22 bits per heavy atom. The second kappa shape index (κ2) is 4.70.